The molecule has 0 heterocycles. The van der Waals surface area contributed by atoms with Crippen molar-refractivity contribution in [3.63, 3.8) is 0 Å². The maximum atomic E-state index is 13.7. The van der Waals surface area contributed by atoms with Crippen molar-refractivity contribution in [3.8, 4) is 11.5 Å². The van der Waals surface area contributed by atoms with E-state index >= 15 is 0 Å². The van der Waals surface area contributed by atoms with Crippen molar-refractivity contribution < 1.29 is 14.2 Å². The molecule has 1 N–H and O–H groups in total. The lowest BCUT2D eigenvalue weighted by Crippen LogP contribution is -2.00. The summed E-state index contributed by atoms with van der Waals surface area (Å²) in [5, 5.41) is 9.65. The molecule has 19 heavy (non-hydrogen) atoms. The largest absolute Gasteiger partial charge is 0.457 e. The summed E-state index contributed by atoms with van der Waals surface area (Å²) >= 11 is 3.38. The van der Waals surface area contributed by atoms with Crippen LogP contribution >= 0.6 is 15.9 Å². The monoisotopic (exact) mass is 324 g/mol. The molecule has 0 saturated heterocycles. The molecule has 2 rings (SSSR count). The number of aliphatic hydroxyl groups excluding tert-OH is 1. The first-order valence-electron chi connectivity index (χ1n) is 5.89. The summed E-state index contributed by atoms with van der Waals surface area (Å²) in [5.41, 5.74) is 1.10. The van der Waals surface area contributed by atoms with Crippen LogP contribution in [0.2, 0.25) is 0 Å². The minimum Gasteiger partial charge on any atom is -0.457 e. The smallest absolute Gasteiger partial charge is 0.136 e. The molecule has 0 spiro atoms. The number of ether oxygens (including phenoxy) is 1. The Kier molecular flexibility index (Phi) is 4.22. The number of halogens is 2. The van der Waals surface area contributed by atoms with Crippen molar-refractivity contribution in [3.05, 3.63) is 57.8 Å². The van der Waals surface area contributed by atoms with Crippen LogP contribution < -0.4 is 4.74 Å². The number of hydrogen-bond donors (Lipinski definition) is 1. The standard InChI is InChI=1S/C15H14BrFO2/c1-9-8-11(16)6-7-13(9)19-14-5-3-4-12(17)15(14)10(2)18/h3-8,10,18H,1-2H3/t10-/m1/s1. The van der Waals surface area contributed by atoms with Crippen LogP contribution in [0.1, 0.15) is 24.2 Å². The molecule has 0 fully saturated rings. The van der Waals surface area contributed by atoms with Gasteiger partial charge in [0.2, 0.25) is 0 Å². The van der Waals surface area contributed by atoms with Crippen LogP contribution in [0.3, 0.4) is 0 Å². The molecule has 4 heteroatoms. The maximum absolute atomic E-state index is 13.7. The molecule has 0 unspecified atom stereocenters. The van der Waals surface area contributed by atoms with Crippen LogP contribution in [-0.4, -0.2) is 5.11 Å². The fourth-order valence-electron chi connectivity index (χ4n) is 1.86. The molecule has 2 aromatic carbocycles. The summed E-state index contributed by atoms with van der Waals surface area (Å²) in [5.74, 6) is 0.499. The van der Waals surface area contributed by atoms with E-state index in [1.165, 1.54) is 13.0 Å². The Hall–Kier alpha value is -1.39. The molecule has 100 valence electrons. The molecule has 0 bridgehead atoms. The SMILES string of the molecule is Cc1cc(Br)ccc1Oc1cccc(F)c1[C@@H](C)O. The van der Waals surface area contributed by atoms with Crippen molar-refractivity contribution in [2.24, 2.45) is 0 Å². The van der Waals surface area contributed by atoms with E-state index in [0.717, 1.165) is 10.0 Å². The van der Waals surface area contributed by atoms with E-state index in [9.17, 15) is 9.50 Å². The summed E-state index contributed by atoms with van der Waals surface area (Å²) in [7, 11) is 0. The minimum absolute atomic E-state index is 0.171. The van der Waals surface area contributed by atoms with Gasteiger partial charge in [-0.25, -0.2) is 4.39 Å². The third kappa shape index (κ3) is 3.14. The van der Waals surface area contributed by atoms with Crippen LogP contribution in [0.15, 0.2) is 40.9 Å². The highest BCUT2D eigenvalue weighted by Gasteiger charge is 2.15. The second-order valence-electron chi connectivity index (χ2n) is 4.34. The molecular formula is C15H14BrFO2. The van der Waals surface area contributed by atoms with Gasteiger partial charge in [0.25, 0.3) is 0 Å². The average molecular weight is 325 g/mol. The first-order chi connectivity index (χ1) is 8.99. The second kappa shape index (κ2) is 5.72. The van der Waals surface area contributed by atoms with Crippen LogP contribution in [-0.2, 0) is 0 Å². The lowest BCUT2D eigenvalue weighted by Gasteiger charge is -2.15. The molecule has 1 atom stereocenters. The fraction of sp³-hybridized carbons (Fsp3) is 0.200. The van der Waals surface area contributed by atoms with Crippen molar-refractivity contribution in [2.75, 3.05) is 0 Å². The molecule has 0 saturated carbocycles. The summed E-state index contributed by atoms with van der Waals surface area (Å²) < 4.78 is 20.4. The minimum atomic E-state index is -0.924. The van der Waals surface area contributed by atoms with E-state index in [1.54, 1.807) is 18.2 Å². The van der Waals surface area contributed by atoms with Crippen LogP contribution in [0, 0.1) is 12.7 Å². The number of rotatable bonds is 3. The highest BCUT2D eigenvalue weighted by molar-refractivity contribution is 9.10. The van der Waals surface area contributed by atoms with E-state index in [2.05, 4.69) is 15.9 Å². The van der Waals surface area contributed by atoms with Gasteiger partial charge in [-0.15, -0.1) is 0 Å². The first kappa shape index (κ1) is 14.0. The molecule has 0 aliphatic carbocycles. The van der Waals surface area contributed by atoms with Crippen LogP contribution in [0.25, 0.3) is 0 Å². The predicted octanol–water partition coefficient (Wildman–Crippen LogP) is 4.74. The molecule has 0 radical (unpaired) electrons. The lowest BCUT2D eigenvalue weighted by molar-refractivity contribution is 0.190. The Labute approximate surface area is 120 Å². The first-order valence-corrected chi connectivity index (χ1v) is 6.69. The predicted molar refractivity (Wildman–Crippen MR) is 76.0 cm³/mol. The van der Waals surface area contributed by atoms with Gasteiger partial charge in [-0.05, 0) is 49.7 Å². The number of aliphatic hydroxyl groups is 1. The third-order valence-corrected chi connectivity index (χ3v) is 3.28. The summed E-state index contributed by atoms with van der Waals surface area (Å²) in [6.45, 7) is 3.42. The molecule has 2 nitrogen and oxygen atoms in total. The van der Waals surface area contributed by atoms with Gasteiger partial charge in [0.15, 0.2) is 0 Å². The summed E-state index contributed by atoms with van der Waals surface area (Å²) in [6, 6.07) is 10.1. The quantitative estimate of drug-likeness (QED) is 0.883. The Morgan fingerprint density at radius 3 is 2.58 bits per heavy atom. The van der Waals surface area contributed by atoms with E-state index < -0.39 is 11.9 Å². The molecule has 0 aliphatic rings. The summed E-state index contributed by atoms with van der Waals surface area (Å²) in [6.07, 6.45) is -0.924. The highest BCUT2D eigenvalue weighted by Crippen LogP contribution is 2.33. The van der Waals surface area contributed by atoms with Gasteiger partial charge in [0, 0.05) is 4.47 Å². The lowest BCUT2D eigenvalue weighted by atomic mass is 10.1. The molecule has 0 aromatic heterocycles. The van der Waals surface area contributed by atoms with E-state index in [-0.39, 0.29) is 5.56 Å². The zero-order valence-corrected chi connectivity index (χ0v) is 12.2. The molecule has 2 aromatic rings. The highest BCUT2D eigenvalue weighted by atomic mass is 79.9. The third-order valence-electron chi connectivity index (χ3n) is 2.79. The maximum Gasteiger partial charge on any atom is 0.136 e. The molecular weight excluding hydrogens is 311 g/mol. The van der Waals surface area contributed by atoms with Gasteiger partial charge in [0.05, 0.1) is 11.7 Å². The topological polar surface area (TPSA) is 29.5 Å². The number of benzene rings is 2. The Morgan fingerprint density at radius 2 is 1.95 bits per heavy atom. The van der Waals surface area contributed by atoms with Crippen molar-refractivity contribution in [2.45, 2.75) is 20.0 Å². The Morgan fingerprint density at radius 1 is 1.21 bits per heavy atom. The molecule has 0 amide bonds. The zero-order chi connectivity index (χ0) is 14.0. The van der Waals surface area contributed by atoms with Gasteiger partial charge in [-0.2, -0.15) is 0 Å². The molecule has 0 aliphatic heterocycles. The van der Waals surface area contributed by atoms with E-state index in [4.69, 9.17) is 4.74 Å². The average Bonchev–Trinajstić information content (AvgIpc) is 2.32. The summed E-state index contributed by atoms with van der Waals surface area (Å²) in [4.78, 5) is 0. The number of hydrogen-bond acceptors (Lipinski definition) is 2. The number of aryl methyl sites for hydroxylation is 1. The van der Waals surface area contributed by atoms with E-state index in [1.807, 2.05) is 19.1 Å². The van der Waals surface area contributed by atoms with Gasteiger partial charge >= 0.3 is 0 Å². The van der Waals surface area contributed by atoms with Crippen molar-refractivity contribution >= 4 is 15.9 Å². The van der Waals surface area contributed by atoms with Crippen molar-refractivity contribution in [1.82, 2.24) is 0 Å². The Bertz CT molecular complexity index is 597. The van der Waals surface area contributed by atoms with Gasteiger partial charge in [-0.1, -0.05) is 22.0 Å². The fourth-order valence-corrected chi connectivity index (χ4v) is 2.33. The van der Waals surface area contributed by atoms with Gasteiger partial charge < -0.3 is 9.84 Å². The van der Waals surface area contributed by atoms with Crippen LogP contribution in [0.5, 0.6) is 11.5 Å². The zero-order valence-electron chi connectivity index (χ0n) is 10.7. The van der Waals surface area contributed by atoms with Crippen molar-refractivity contribution in [1.29, 1.82) is 0 Å². The Balaban J connectivity index is 2.41. The second-order valence-corrected chi connectivity index (χ2v) is 5.26. The normalized spacial score (nSPS) is 12.3. The van der Waals surface area contributed by atoms with Gasteiger partial charge in [0.1, 0.15) is 17.3 Å². The van der Waals surface area contributed by atoms with Gasteiger partial charge in [-0.3, -0.25) is 0 Å². The van der Waals surface area contributed by atoms with E-state index in [0.29, 0.717) is 11.5 Å². The van der Waals surface area contributed by atoms with Crippen LogP contribution in [0.4, 0.5) is 4.39 Å².